The van der Waals surface area contributed by atoms with Crippen molar-refractivity contribution in [1.82, 2.24) is 0 Å². The molecule has 21 heavy (non-hydrogen) atoms. The van der Waals surface area contributed by atoms with Crippen LogP contribution in [0.15, 0.2) is 6.07 Å². The summed E-state index contributed by atoms with van der Waals surface area (Å²) in [7, 11) is 0. The van der Waals surface area contributed by atoms with Gasteiger partial charge in [-0.05, 0) is 32.8 Å². The second kappa shape index (κ2) is 4.64. The Morgan fingerprint density at radius 1 is 1.05 bits per heavy atom. The van der Waals surface area contributed by atoms with Gasteiger partial charge in [0.15, 0.2) is 0 Å². The van der Waals surface area contributed by atoms with E-state index in [2.05, 4.69) is 19.9 Å². The quantitative estimate of drug-likeness (QED) is 0.860. The smallest absolute Gasteiger partial charge is 0.128 e. The van der Waals surface area contributed by atoms with Gasteiger partial charge in [0, 0.05) is 35.1 Å². The predicted molar refractivity (Wildman–Crippen MR) is 83.0 cm³/mol. The van der Waals surface area contributed by atoms with Crippen LogP contribution in [0.25, 0.3) is 0 Å². The minimum atomic E-state index is -0.217. The lowest BCUT2D eigenvalue weighted by Crippen LogP contribution is -2.40. The zero-order valence-electron chi connectivity index (χ0n) is 13.1. The standard InChI is InChI=1S/C18H25NO2/c1-11-8-13-10-15-14(9-12(2)20-15)16(17(13)21-11)18(19)6-4-3-5-7-18/h10-12H,3-9,19H2,1-2H3. The van der Waals surface area contributed by atoms with Crippen LogP contribution in [0, 0.1) is 0 Å². The third-order valence-corrected chi connectivity index (χ3v) is 5.31. The van der Waals surface area contributed by atoms with Crippen molar-refractivity contribution in [1.29, 1.82) is 0 Å². The van der Waals surface area contributed by atoms with Gasteiger partial charge in [-0.15, -0.1) is 0 Å². The highest BCUT2D eigenvalue weighted by Crippen LogP contribution is 2.50. The Morgan fingerprint density at radius 3 is 2.52 bits per heavy atom. The Bertz CT molecular complexity index is 539. The van der Waals surface area contributed by atoms with Crippen LogP contribution >= 0.6 is 0 Å². The fourth-order valence-corrected chi connectivity index (χ4v) is 4.38. The lowest BCUT2D eigenvalue weighted by Gasteiger charge is -2.36. The van der Waals surface area contributed by atoms with Gasteiger partial charge in [0.2, 0.25) is 0 Å². The normalized spacial score (nSPS) is 29.5. The first-order chi connectivity index (χ1) is 10.1. The molecule has 1 fully saturated rings. The Balaban J connectivity index is 1.89. The van der Waals surface area contributed by atoms with E-state index < -0.39 is 0 Å². The summed E-state index contributed by atoms with van der Waals surface area (Å²) in [5.74, 6) is 2.15. The molecule has 2 heterocycles. The molecule has 0 amide bonds. The van der Waals surface area contributed by atoms with Gasteiger partial charge in [-0.3, -0.25) is 0 Å². The molecule has 0 spiro atoms. The molecule has 0 bridgehead atoms. The van der Waals surface area contributed by atoms with Crippen LogP contribution in [0.4, 0.5) is 0 Å². The fraction of sp³-hybridized carbons (Fsp3) is 0.667. The monoisotopic (exact) mass is 287 g/mol. The van der Waals surface area contributed by atoms with Crippen molar-refractivity contribution in [3.63, 3.8) is 0 Å². The lowest BCUT2D eigenvalue weighted by atomic mass is 9.74. The van der Waals surface area contributed by atoms with Crippen molar-refractivity contribution in [3.8, 4) is 11.5 Å². The van der Waals surface area contributed by atoms with Gasteiger partial charge in [0.05, 0.1) is 0 Å². The molecule has 0 radical (unpaired) electrons. The second-order valence-electron chi connectivity index (χ2n) is 7.20. The molecule has 2 atom stereocenters. The van der Waals surface area contributed by atoms with Gasteiger partial charge in [-0.1, -0.05) is 19.3 Å². The molecule has 3 heteroatoms. The maximum Gasteiger partial charge on any atom is 0.128 e. The maximum atomic E-state index is 6.88. The summed E-state index contributed by atoms with van der Waals surface area (Å²) >= 11 is 0. The third kappa shape index (κ3) is 2.05. The van der Waals surface area contributed by atoms with Crippen LogP contribution < -0.4 is 15.2 Å². The number of fused-ring (bicyclic) bond motifs is 2. The van der Waals surface area contributed by atoms with E-state index in [9.17, 15) is 0 Å². The summed E-state index contributed by atoms with van der Waals surface area (Å²) in [5.41, 5.74) is 10.6. The number of rotatable bonds is 1. The SMILES string of the molecule is CC1Cc2c(cc3c(c2C2(N)CCCCC2)OC(C)C3)O1. The number of benzene rings is 1. The topological polar surface area (TPSA) is 44.5 Å². The number of hydrogen-bond donors (Lipinski definition) is 1. The predicted octanol–water partition coefficient (Wildman–Crippen LogP) is 3.45. The molecule has 2 unspecified atom stereocenters. The molecule has 2 aliphatic heterocycles. The fourth-order valence-electron chi connectivity index (χ4n) is 4.38. The highest BCUT2D eigenvalue weighted by atomic mass is 16.5. The van der Waals surface area contributed by atoms with Crippen LogP contribution in [0.5, 0.6) is 11.5 Å². The van der Waals surface area contributed by atoms with Crippen molar-refractivity contribution in [2.75, 3.05) is 0 Å². The first-order valence-electron chi connectivity index (χ1n) is 8.38. The van der Waals surface area contributed by atoms with Crippen LogP contribution in [-0.2, 0) is 18.4 Å². The molecular weight excluding hydrogens is 262 g/mol. The van der Waals surface area contributed by atoms with Crippen LogP contribution in [0.2, 0.25) is 0 Å². The van der Waals surface area contributed by atoms with E-state index >= 15 is 0 Å². The van der Waals surface area contributed by atoms with Gasteiger partial charge >= 0.3 is 0 Å². The van der Waals surface area contributed by atoms with Crippen molar-refractivity contribution in [3.05, 3.63) is 22.8 Å². The highest BCUT2D eigenvalue weighted by molar-refractivity contribution is 5.60. The van der Waals surface area contributed by atoms with Crippen molar-refractivity contribution in [2.45, 2.75) is 76.5 Å². The van der Waals surface area contributed by atoms with E-state index in [4.69, 9.17) is 15.2 Å². The van der Waals surface area contributed by atoms with Crippen LogP contribution in [0.3, 0.4) is 0 Å². The Hall–Kier alpha value is -1.22. The van der Waals surface area contributed by atoms with E-state index in [0.717, 1.165) is 37.2 Å². The van der Waals surface area contributed by atoms with Crippen LogP contribution in [-0.4, -0.2) is 12.2 Å². The van der Waals surface area contributed by atoms with E-state index in [-0.39, 0.29) is 17.7 Å². The first kappa shape index (κ1) is 13.4. The van der Waals surface area contributed by atoms with E-state index in [1.807, 2.05) is 0 Å². The van der Waals surface area contributed by atoms with E-state index in [1.165, 1.54) is 36.0 Å². The zero-order valence-corrected chi connectivity index (χ0v) is 13.1. The van der Waals surface area contributed by atoms with Gasteiger partial charge in [0.1, 0.15) is 23.7 Å². The molecule has 1 aromatic rings. The number of ether oxygens (including phenoxy) is 2. The van der Waals surface area contributed by atoms with E-state index in [1.54, 1.807) is 0 Å². The third-order valence-electron chi connectivity index (χ3n) is 5.31. The van der Waals surface area contributed by atoms with E-state index in [0.29, 0.717) is 0 Å². The Morgan fingerprint density at radius 2 is 1.76 bits per heavy atom. The molecule has 1 aromatic carbocycles. The van der Waals surface area contributed by atoms with Gasteiger partial charge < -0.3 is 15.2 Å². The molecule has 3 aliphatic rings. The lowest BCUT2D eigenvalue weighted by molar-refractivity contribution is 0.236. The minimum Gasteiger partial charge on any atom is -0.490 e. The largest absolute Gasteiger partial charge is 0.490 e. The van der Waals surface area contributed by atoms with Gasteiger partial charge in [-0.25, -0.2) is 0 Å². The molecule has 4 rings (SSSR count). The summed E-state index contributed by atoms with van der Waals surface area (Å²) in [6, 6.07) is 2.20. The van der Waals surface area contributed by atoms with Gasteiger partial charge in [-0.2, -0.15) is 0 Å². The summed E-state index contributed by atoms with van der Waals surface area (Å²) in [5, 5.41) is 0. The molecule has 114 valence electrons. The summed E-state index contributed by atoms with van der Waals surface area (Å²) in [6.07, 6.45) is 8.35. The molecule has 3 nitrogen and oxygen atoms in total. The Kier molecular flexibility index (Phi) is 2.97. The zero-order chi connectivity index (χ0) is 14.6. The summed E-state index contributed by atoms with van der Waals surface area (Å²) in [6.45, 7) is 4.28. The van der Waals surface area contributed by atoms with Crippen molar-refractivity contribution < 1.29 is 9.47 Å². The molecule has 0 aromatic heterocycles. The molecule has 1 aliphatic carbocycles. The number of hydrogen-bond acceptors (Lipinski definition) is 3. The van der Waals surface area contributed by atoms with Crippen molar-refractivity contribution in [2.24, 2.45) is 5.73 Å². The highest BCUT2D eigenvalue weighted by Gasteiger charge is 2.41. The average molecular weight is 287 g/mol. The van der Waals surface area contributed by atoms with Crippen molar-refractivity contribution >= 4 is 0 Å². The average Bonchev–Trinajstić information content (AvgIpc) is 2.96. The number of nitrogens with two attached hydrogens (primary N) is 1. The first-order valence-corrected chi connectivity index (χ1v) is 8.38. The second-order valence-corrected chi connectivity index (χ2v) is 7.20. The molecule has 0 saturated heterocycles. The Labute approximate surface area is 126 Å². The van der Waals surface area contributed by atoms with Gasteiger partial charge in [0.25, 0.3) is 0 Å². The summed E-state index contributed by atoms with van der Waals surface area (Å²) in [4.78, 5) is 0. The van der Waals surface area contributed by atoms with Crippen LogP contribution in [0.1, 0.15) is 62.6 Å². The molecule has 2 N–H and O–H groups in total. The maximum absolute atomic E-state index is 6.88. The molecular formula is C18H25NO2. The summed E-state index contributed by atoms with van der Waals surface area (Å²) < 4.78 is 12.2. The minimum absolute atomic E-state index is 0.217. The molecule has 1 saturated carbocycles.